The molecule has 0 spiro atoms. The number of carbonyl (C=O) groups excluding carboxylic acids is 2. The third-order valence-corrected chi connectivity index (χ3v) is 2.81. The van der Waals surface area contributed by atoms with Gasteiger partial charge in [-0.15, -0.1) is 0 Å². The highest BCUT2D eigenvalue weighted by Gasteiger charge is 2.25. The summed E-state index contributed by atoms with van der Waals surface area (Å²) in [5.41, 5.74) is 1.36. The Morgan fingerprint density at radius 1 is 1.21 bits per heavy atom. The van der Waals surface area contributed by atoms with E-state index in [9.17, 15) is 9.59 Å². The van der Waals surface area contributed by atoms with Crippen LogP contribution in [0.2, 0.25) is 0 Å². The van der Waals surface area contributed by atoms with Crippen molar-refractivity contribution in [3.8, 4) is 0 Å². The van der Waals surface area contributed by atoms with Crippen LogP contribution >= 0.6 is 0 Å². The van der Waals surface area contributed by atoms with Crippen molar-refractivity contribution in [2.45, 2.75) is 19.3 Å². The summed E-state index contributed by atoms with van der Waals surface area (Å²) in [5.74, 6) is 0.464. The van der Waals surface area contributed by atoms with Gasteiger partial charge in [0, 0.05) is 17.0 Å². The molecule has 1 aliphatic rings. The van der Waals surface area contributed by atoms with Gasteiger partial charge in [0.15, 0.2) is 5.78 Å². The Bertz CT molecular complexity index is 347. The van der Waals surface area contributed by atoms with E-state index in [-0.39, 0.29) is 11.7 Å². The van der Waals surface area contributed by atoms with Gasteiger partial charge in [0.05, 0.1) is 0 Å². The maximum atomic E-state index is 11.7. The van der Waals surface area contributed by atoms with Crippen LogP contribution < -0.4 is 0 Å². The van der Waals surface area contributed by atoms with Crippen LogP contribution in [-0.4, -0.2) is 12.1 Å². The van der Waals surface area contributed by atoms with E-state index in [4.69, 9.17) is 0 Å². The van der Waals surface area contributed by atoms with E-state index in [1.807, 2.05) is 0 Å². The molecule has 0 amide bonds. The van der Waals surface area contributed by atoms with Crippen molar-refractivity contribution in [1.29, 1.82) is 0 Å². The molecular weight excluding hydrogens is 176 g/mol. The van der Waals surface area contributed by atoms with Crippen LogP contribution in [0.1, 0.15) is 40.0 Å². The molecule has 2 rings (SSSR count). The second-order valence-corrected chi connectivity index (χ2v) is 3.73. The summed E-state index contributed by atoms with van der Waals surface area (Å²) in [6.45, 7) is 0. The number of ketones is 1. The lowest BCUT2D eigenvalue weighted by Crippen LogP contribution is -2.21. The van der Waals surface area contributed by atoms with E-state index >= 15 is 0 Å². The largest absolute Gasteiger partial charge is 0.298 e. The van der Waals surface area contributed by atoms with E-state index in [0.717, 1.165) is 24.7 Å². The van der Waals surface area contributed by atoms with E-state index in [1.165, 1.54) is 6.42 Å². The highest BCUT2D eigenvalue weighted by atomic mass is 16.1. The van der Waals surface area contributed by atoms with Gasteiger partial charge in [0.1, 0.15) is 6.29 Å². The van der Waals surface area contributed by atoms with Crippen molar-refractivity contribution >= 4 is 12.1 Å². The first-order valence-electron chi connectivity index (χ1n) is 4.91. The molecule has 14 heavy (non-hydrogen) atoms. The standard InChI is InChI=1S/C12H12O2/c13-8-9-4-6-11(7-5-9)12(14)10-2-1-3-10/h4-8,10H,1-3H2. The molecule has 1 saturated carbocycles. The minimum absolute atomic E-state index is 0.230. The second-order valence-electron chi connectivity index (χ2n) is 3.73. The number of aldehydes is 1. The van der Waals surface area contributed by atoms with Gasteiger partial charge < -0.3 is 0 Å². The maximum Gasteiger partial charge on any atom is 0.165 e. The van der Waals surface area contributed by atoms with Gasteiger partial charge in [-0.25, -0.2) is 0 Å². The van der Waals surface area contributed by atoms with Gasteiger partial charge >= 0.3 is 0 Å². The summed E-state index contributed by atoms with van der Waals surface area (Å²) in [4.78, 5) is 22.1. The van der Waals surface area contributed by atoms with Gasteiger partial charge in [0.25, 0.3) is 0 Å². The maximum absolute atomic E-state index is 11.7. The quantitative estimate of drug-likeness (QED) is 0.539. The van der Waals surface area contributed by atoms with Gasteiger partial charge in [-0.1, -0.05) is 30.7 Å². The predicted molar refractivity (Wildman–Crippen MR) is 53.5 cm³/mol. The third kappa shape index (κ3) is 1.60. The van der Waals surface area contributed by atoms with Crippen molar-refractivity contribution in [3.05, 3.63) is 35.4 Å². The lowest BCUT2D eigenvalue weighted by Gasteiger charge is -2.23. The topological polar surface area (TPSA) is 34.1 Å². The number of hydrogen-bond acceptors (Lipinski definition) is 2. The molecule has 2 heteroatoms. The summed E-state index contributed by atoms with van der Waals surface area (Å²) < 4.78 is 0. The lowest BCUT2D eigenvalue weighted by atomic mass is 9.80. The van der Waals surface area contributed by atoms with Gasteiger partial charge in [-0.05, 0) is 12.8 Å². The smallest absolute Gasteiger partial charge is 0.165 e. The molecular formula is C12H12O2. The molecule has 0 unspecified atom stereocenters. The minimum Gasteiger partial charge on any atom is -0.298 e. The molecule has 1 aromatic carbocycles. The zero-order valence-electron chi connectivity index (χ0n) is 7.90. The number of rotatable bonds is 3. The SMILES string of the molecule is O=Cc1ccc(C(=O)C2CCC2)cc1. The van der Waals surface area contributed by atoms with Crippen molar-refractivity contribution < 1.29 is 9.59 Å². The molecule has 0 radical (unpaired) electrons. The monoisotopic (exact) mass is 188 g/mol. The molecule has 0 bridgehead atoms. The number of Topliss-reactive ketones (excluding diaryl/α,β-unsaturated/α-hetero) is 1. The number of carbonyl (C=O) groups is 2. The van der Waals surface area contributed by atoms with Gasteiger partial charge in [-0.2, -0.15) is 0 Å². The van der Waals surface area contributed by atoms with Crippen LogP contribution in [0.4, 0.5) is 0 Å². The van der Waals surface area contributed by atoms with Crippen molar-refractivity contribution in [2.75, 3.05) is 0 Å². The predicted octanol–water partition coefficient (Wildman–Crippen LogP) is 2.48. The van der Waals surface area contributed by atoms with Crippen LogP contribution in [0.25, 0.3) is 0 Å². The number of benzene rings is 1. The minimum atomic E-state index is 0.230. The molecule has 2 nitrogen and oxygen atoms in total. The molecule has 0 N–H and O–H groups in total. The van der Waals surface area contributed by atoms with Crippen LogP contribution in [0.15, 0.2) is 24.3 Å². The van der Waals surface area contributed by atoms with Gasteiger partial charge in [0.2, 0.25) is 0 Å². The van der Waals surface area contributed by atoms with Gasteiger partial charge in [-0.3, -0.25) is 9.59 Å². The molecule has 0 atom stereocenters. The highest BCUT2D eigenvalue weighted by Crippen LogP contribution is 2.29. The van der Waals surface area contributed by atoms with Crippen LogP contribution in [0, 0.1) is 5.92 Å². The average Bonchev–Trinajstić information content (AvgIpc) is 2.15. The first-order chi connectivity index (χ1) is 6.81. The Morgan fingerprint density at radius 2 is 1.86 bits per heavy atom. The third-order valence-electron chi connectivity index (χ3n) is 2.81. The molecule has 0 aliphatic heterocycles. The van der Waals surface area contributed by atoms with E-state index in [0.29, 0.717) is 5.56 Å². The Hall–Kier alpha value is -1.44. The fourth-order valence-corrected chi connectivity index (χ4v) is 1.63. The first kappa shape index (κ1) is 9.13. The molecule has 1 aliphatic carbocycles. The normalized spacial score (nSPS) is 16.0. The zero-order chi connectivity index (χ0) is 9.97. The highest BCUT2D eigenvalue weighted by molar-refractivity contribution is 5.98. The Morgan fingerprint density at radius 3 is 2.29 bits per heavy atom. The zero-order valence-corrected chi connectivity index (χ0v) is 7.90. The summed E-state index contributed by atoms with van der Waals surface area (Å²) in [6, 6.07) is 6.87. The average molecular weight is 188 g/mol. The molecule has 0 aromatic heterocycles. The second kappa shape index (κ2) is 3.74. The van der Waals surface area contributed by atoms with Crippen molar-refractivity contribution in [2.24, 2.45) is 5.92 Å². The molecule has 72 valence electrons. The molecule has 1 aromatic rings. The van der Waals surface area contributed by atoms with E-state index < -0.39 is 0 Å². The first-order valence-corrected chi connectivity index (χ1v) is 4.91. The fraction of sp³-hybridized carbons (Fsp3) is 0.333. The van der Waals surface area contributed by atoms with Crippen molar-refractivity contribution in [1.82, 2.24) is 0 Å². The summed E-state index contributed by atoms with van der Waals surface area (Å²) in [5, 5.41) is 0. The van der Waals surface area contributed by atoms with E-state index in [1.54, 1.807) is 24.3 Å². The summed E-state index contributed by atoms with van der Waals surface area (Å²) in [6.07, 6.45) is 4.00. The van der Waals surface area contributed by atoms with Crippen LogP contribution in [-0.2, 0) is 0 Å². The van der Waals surface area contributed by atoms with E-state index in [2.05, 4.69) is 0 Å². The summed E-state index contributed by atoms with van der Waals surface area (Å²) in [7, 11) is 0. The Balaban J connectivity index is 2.15. The Kier molecular flexibility index (Phi) is 2.44. The summed E-state index contributed by atoms with van der Waals surface area (Å²) >= 11 is 0. The van der Waals surface area contributed by atoms with Crippen molar-refractivity contribution in [3.63, 3.8) is 0 Å². The molecule has 1 fully saturated rings. The lowest BCUT2D eigenvalue weighted by molar-refractivity contribution is 0.0855. The molecule has 0 heterocycles. The molecule has 0 saturated heterocycles. The Labute approximate surface area is 82.9 Å². The fourth-order valence-electron chi connectivity index (χ4n) is 1.63. The number of hydrogen-bond donors (Lipinski definition) is 0. The van der Waals surface area contributed by atoms with Crippen LogP contribution in [0.3, 0.4) is 0 Å². The van der Waals surface area contributed by atoms with Crippen LogP contribution in [0.5, 0.6) is 0 Å².